The number of rotatable bonds is 6. The third-order valence-corrected chi connectivity index (χ3v) is 8.89. The van der Waals surface area contributed by atoms with E-state index in [-0.39, 0.29) is 17.9 Å². The van der Waals surface area contributed by atoms with Crippen LogP contribution in [0, 0.1) is 0 Å². The smallest absolute Gasteiger partial charge is 0.271 e. The first-order valence-electron chi connectivity index (χ1n) is 12.8. The number of nitrogens with zero attached hydrogens (tertiary/aromatic N) is 2. The monoisotopic (exact) mass is 493 g/mol. The van der Waals surface area contributed by atoms with Crippen molar-refractivity contribution in [1.29, 1.82) is 0 Å². The van der Waals surface area contributed by atoms with Gasteiger partial charge in [0.05, 0.1) is 23.9 Å². The highest BCUT2D eigenvalue weighted by atomic mass is 32.1. The molecule has 0 spiro atoms. The molecule has 6 nitrogen and oxygen atoms in total. The van der Waals surface area contributed by atoms with Crippen molar-refractivity contribution in [3.63, 3.8) is 0 Å². The van der Waals surface area contributed by atoms with Gasteiger partial charge in [-0.1, -0.05) is 44.7 Å². The number of thiophene rings is 1. The molecule has 35 heavy (non-hydrogen) atoms. The number of hydrogen-bond acceptors (Lipinski definition) is 4. The summed E-state index contributed by atoms with van der Waals surface area (Å²) in [4.78, 5) is 31.0. The molecule has 3 aromatic rings. The number of methoxy groups -OCH3 is 1. The van der Waals surface area contributed by atoms with Crippen LogP contribution in [0.2, 0.25) is 0 Å². The quantitative estimate of drug-likeness (QED) is 0.460. The Labute approximate surface area is 211 Å². The Kier molecular flexibility index (Phi) is 6.62. The Hall–Kier alpha value is -2.80. The molecular weight excluding hydrogens is 458 g/mol. The third-order valence-electron chi connectivity index (χ3n) is 7.67. The molecule has 1 fully saturated rings. The third kappa shape index (κ3) is 4.46. The van der Waals surface area contributed by atoms with Crippen LogP contribution in [-0.2, 0) is 24.3 Å². The van der Waals surface area contributed by atoms with Crippen LogP contribution in [0.4, 0.5) is 0 Å². The molecule has 1 N–H and O–H groups in total. The van der Waals surface area contributed by atoms with E-state index in [1.807, 2.05) is 37.3 Å². The lowest BCUT2D eigenvalue weighted by molar-refractivity contribution is -0.134. The second kappa shape index (κ2) is 9.69. The fourth-order valence-corrected chi connectivity index (χ4v) is 6.57. The summed E-state index contributed by atoms with van der Waals surface area (Å²) in [6.45, 7) is 4.87. The Bertz CT molecular complexity index is 1240. The number of carbonyl (C=O) groups is 2. The normalized spacial score (nSPS) is 21.1. The van der Waals surface area contributed by atoms with E-state index in [1.165, 1.54) is 17.7 Å². The molecule has 1 aromatic carbocycles. The number of carbonyl (C=O) groups excluding carboxylic acids is 2. The maximum atomic E-state index is 14.0. The van der Waals surface area contributed by atoms with Gasteiger partial charge in [0.1, 0.15) is 17.0 Å². The van der Waals surface area contributed by atoms with Gasteiger partial charge in [0, 0.05) is 17.5 Å². The molecule has 3 heterocycles. The number of aromatic nitrogens is 1. The molecule has 5 rings (SSSR count). The van der Waals surface area contributed by atoms with Crippen LogP contribution >= 0.6 is 11.3 Å². The second-order valence-corrected chi connectivity index (χ2v) is 11.3. The average molecular weight is 494 g/mol. The molecule has 1 aliphatic heterocycles. The molecule has 0 saturated heterocycles. The topological polar surface area (TPSA) is 63.6 Å². The van der Waals surface area contributed by atoms with Gasteiger partial charge in [-0.2, -0.15) is 0 Å². The molecule has 1 atom stereocenters. The number of hydrogen-bond donors (Lipinski definition) is 1. The molecule has 0 radical (unpaired) electrons. The maximum Gasteiger partial charge on any atom is 0.271 e. The minimum Gasteiger partial charge on any atom is -0.497 e. The summed E-state index contributed by atoms with van der Waals surface area (Å²) in [5.74, 6) is 0.589. The Balaban J connectivity index is 1.53. The van der Waals surface area contributed by atoms with Crippen LogP contribution in [-0.4, -0.2) is 40.0 Å². The Morgan fingerprint density at radius 2 is 1.94 bits per heavy atom. The van der Waals surface area contributed by atoms with Crippen molar-refractivity contribution in [1.82, 2.24) is 14.8 Å². The molecule has 2 amide bonds. The number of nitrogens with one attached hydrogen (secondary N) is 1. The van der Waals surface area contributed by atoms with Crippen LogP contribution in [0.25, 0.3) is 10.2 Å². The van der Waals surface area contributed by atoms with Gasteiger partial charge in [-0.3, -0.25) is 9.59 Å². The zero-order chi connectivity index (χ0) is 24.6. The van der Waals surface area contributed by atoms with E-state index in [4.69, 9.17) is 4.74 Å². The van der Waals surface area contributed by atoms with Crippen molar-refractivity contribution in [2.24, 2.45) is 0 Å². The SMILES string of the molecule is CCc1cc2c(cc3n2C[C@](C)(C(=O)NC2CCCCCC2)N(Cc2cccc(OC)c2)C3=O)s1. The fourth-order valence-electron chi connectivity index (χ4n) is 5.53. The van der Waals surface area contributed by atoms with Gasteiger partial charge < -0.3 is 19.5 Å². The lowest BCUT2D eigenvalue weighted by Gasteiger charge is -2.44. The fraction of sp³-hybridized carbons (Fsp3) is 0.500. The highest BCUT2D eigenvalue weighted by molar-refractivity contribution is 7.19. The highest BCUT2D eigenvalue weighted by Gasteiger charge is 2.48. The number of ether oxygens (including phenoxy) is 1. The predicted molar refractivity (Wildman–Crippen MR) is 140 cm³/mol. The van der Waals surface area contributed by atoms with E-state index in [1.54, 1.807) is 23.3 Å². The van der Waals surface area contributed by atoms with Crippen LogP contribution in [0.1, 0.15) is 73.3 Å². The molecule has 2 aliphatic rings. The largest absolute Gasteiger partial charge is 0.497 e. The van der Waals surface area contributed by atoms with Crippen LogP contribution in [0.3, 0.4) is 0 Å². The van der Waals surface area contributed by atoms with Crippen molar-refractivity contribution < 1.29 is 14.3 Å². The molecule has 0 unspecified atom stereocenters. The molecule has 7 heteroatoms. The lowest BCUT2D eigenvalue weighted by Crippen LogP contribution is -2.64. The maximum absolute atomic E-state index is 14.0. The summed E-state index contributed by atoms with van der Waals surface area (Å²) in [6, 6.07) is 12.1. The summed E-state index contributed by atoms with van der Waals surface area (Å²) < 4.78 is 8.59. The Morgan fingerprint density at radius 1 is 1.17 bits per heavy atom. The summed E-state index contributed by atoms with van der Waals surface area (Å²) in [5.41, 5.74) is 1.67. The number of aryl methyl sites for hydroxylation is 1. The van der Waals surface area contributed by atoms with E-state index in [0.29, 0.717) is 18.8 Å². The van der Waals surface area contributed by atoms with E-state index >= 15 is 0 Å². The highest BCUT2D eigenvalue weighted by Crippen LogP contribution is 2.37. The van der Waals surface area contributed by atoms with Gasteiger partial charge in [0.25, 0.3) is 5.91 Å². The van der Waals surface area contributed by atoms with Crippen molar-refractivity contribution in [2.75, 3.05) is 7.11 Å². The number of fused-ring (bicyclic) bond motifs is 3. The van der Waals surface area contributed by atoms with Crippen molar-refractivity contribution in [3.05, 3.63) is 52.5 Å². The first kappa shape index (κ1) is 23.9. The second-order valence-electron chi connectivity index (χ2n) is 10.1. The molecular formula is C28H35N3O3S. The van der Waals surface area contributed by atoms with E-state index in [0.717, 1.165) is 53.6 Å². The molecule has 0 bridgehead atoms. The minimum atomic E-state index is -1.00. The van der Waals surface area contributed by atoms with Crippen molar-refractivity contribution in [3.8, 4) is 5.75 Å². The van der Waals surface area contributed by atoms with Crippen LogP contribution in [0.15, 0.2) is 36.4 Å². The van der Waals surface area contributed by atoms with Gasteiger partial charge in [-0.15, -0.1) is 11.3 Å². The van der Waals surface area contributed by atoms with Gasteiger partial charge >= 0.3 is 0 Å². The van der Waals surface area contributed by atoms with Gasteiger partial charge in [-0.25, -0.2) is 0 Å². The van der Waals surface area contributed by atoms with Crippen LogP contribution < -0.4 is 10.1 Å². The van der Waals surface area contributed by atoms with Gasteiger partial charge in [-0.05, 0) is 56.0 Å². The molecule has 2 aromatic heterocycles. The standard InChI is InChI=1S/C28H35N3O3S/c1-4-22-15-23-25(35-22)16-24-26(32)31(17-19-10-9-13-21(14-19)34-3)28(2,18-30(23)24)27(33)29-20-11-7-5-6-8-12-20/h9-10,13-16,20H,4-8,11-12,17-18H2,1-3H3,(H,29,33)/t28-/m1/s1. The first-order chi connectivity index (χ1) is 16.9. The Morgan fingerprint density at radius 3 is 2.66 bits per heavy atom. The number of benzene rings is 1. The lowest BCUT2D eigenvalue weighted by atomic mass is 9.93. The van der Waals surface area contributed by atoms with E-state index in [2.05, 4.69) is 22.9 Å². The average Bonchev–Trinajstić information content (AvgIpc) is 3.30. The summed E-state index contributed by atoms with van der Waals surface area (Å²) in [6.07, 6.45) is 7.73. The van der Waals surface area contributed by atoms with E-state index in [9.17, 15) is 9.59 Å². The predicted octanol–water partition coefficient (Wildman–Crippen LogP) is 5.53. The van der Waals surface area contributed by atoms with Crippen molar-refractivity contribution in [2.45, 2.75) is 83.5 Å². The summed E-state index contributed by atoms with van der Waals surface area (Å²) in [5, 5.41) is 3.35. The van der Waals surface area contributed by atoms with E-state index < -0.39 is 5.54 Å². The van der Waals surface area contributed by atoms with Crippen LogP contribution in [0.5, 0.6) is 5.75 Å². The molecule has 1 aliphatic carbocycles. The van der Waals surface area contributed by atoms with Gasteiger partial charge in [0.2, 0.25) is 5.91 Å². The summed E-state index contributed by atoms with van der Waals surface area (Å²) in [7, 11) is 1.64. The molecule has 186 valence electrons. The summed E-state index contributed by atoms with van der Waals surface area (Å²) >= 11 is 1.73. The first-order valence-corrected chi connectivity index (χ1v) is 13.6. The van der Waals surface area contributed by atoms with Gasteiger partial charge in [0.15, 0.2) is 0 Å². The zero-order valence-corrected chi connectivity index (χ0v) is 21.7. The number of amides is 2. The molecule has 1 saturated carbocycles. The minimum absolute atomic E-state index is 0.0564. The zero-order valence-electron chi connectivity index (χ0n) is 20.9. The van der Waals surface area contributed by atoms with Crippen molar-refractivity contribution >= 4 is 33.4 Å².